The zero-order valence-corrected chi connectivity index (χ0v) is 16.5. The Morgan fingerprint density at radius 1 is 1.04 bits per heavy atom. The third kappa shape index (κ3) is 4.36. The summed E-state index contributed by atoms with van der Waals surface area (Å²) >= 11 is 0. The molecule has 3 saturated carbocycles. The maximum atomic E-state index is 11.8. The summed E-state index contributed by atoms with van der Waals surface area (Å²) in [5.74, 6) is 2.57. The average Bonchev–Trinajstić information content (AvgIpc) is 2.82. The first-order valence-corrected chi connectivity index (χ1v) is 9.74. The topological polar surface area (TPSA) is 37.3 Å². The molecule has 0 aliphatic heterocycles. The third-order valence-corrected chi connectivity index (χ3v) is 7.91. The fourth-order valence-corrected chi connectivity index (χ4v) is 6.53. The molecule has 4 rings (SSSR count). The standard InChI is InChI=1S/C19H28O2.BF4.Li.H/c1-18-9-7-13(20)11-12(18)3-4-14-15-5-6-17(21)19(15,2)10-8-16(14)18;2-1(3,4)5;;/h11,14-17,21H,3-10H2,1-2H3;;;/q;-1;+1;-1/t14?,15?,16?,17-,18-,19-;;;/m0.../s1. The molecule has 27 heavy (non-hydrogen) atoms. The van der Waals surface area contributed by atoms with Gasteiger partial charge in [-0.15, -0.1) is 0 Å². The van der Waals surface area contributed by atoms with E-state index in [1.165, 1.54) is 31.3 Å². The summed E-state index contributed by atoms with van der Waals surface area (Å²) < 4.78 is 39.0. The van der Waals surface area contributed by atoms with E-state index in [1.54, 1.807) is 0 Å². The number of rotatable bonds is 0. The second kappa shape index (κ2) is 7.88. The van der Waals surface area contributed by atoms with Crippen molar-refractivity contribution in [3.63, 3.8) is 0 Å². The zero-order chi connectivity index (χ0) is 19.3. The number of carbonyl (C=O) groups is 1. The summed E-state index contributed by atoms with van der Waals surface area (Å²) in [7, 11) is -6.00. The molecule has 3 unspecified atom stereocenters. The summed E-state index contributed by atoms with van der Waals surface area (Å²) in [6, 6.07) is 0. The average molecular weight is 383 g/mol. The van der Waals surface area contributed by atoms with Crippen molar-refractivity contribution in [1.82, 2.24) is 0 Å². The molecule has 0 aromatic rings. The number of aliphatic hydroxyl groups excluding tert-OH is 1. The van der Waals surface area contributed by atoms with Gasteiger partial charge < -0.3 is 23.8 Å². The van der Waals surface area contributed by atoms with E-state index < -0.39 is 7.25 Å². The summed E-state index contributed by atoms with van der Waals surface area (Å²) in [4.78, 5) is 11.8. The van der Waals surface area contributed by atoms with Crippen LogP contribution in [0.25, 0.3) is 0 Å². The smallest absolute Gasteiger partial charge is 1.00 e. The molecule has 0 aromatic carbocycles. The Hall–Kier alpha value is -0.248. The zero-order valence-electron chi connectivity index (χ0n) is 17.5. The first kappa shape index (κ1) is 23.0. The van der Waals surface area contributed by atoms with Crippen LogP contribution < -0.4 is 18.9 Å². The molecule has 0 amide bonds. The second-order valence-corrected chi connectivity index (χ2v) is 9.10. The Bertz CT molecular complexity index is 611. The minimum absolute atomic E-state index is 0. The van der Waals surface area contributed by atoms with Gasteiger partial charge >= 0.3 is 26.1 Å². The molecule has 6 atom stereocenters. The first-order valence-electron chi connectivity index (χ1n) is 9.74. The molecular formula is C19H29BF4LiO2-. The largest absolute Gasteiger partial charge is 1.00 e. The van der Waals surface area contributed by atoms with Crippen LogP contribution in [-0.4, -0.2) is 24.2 Å². The Morgan fingerprint density at radius 3 is 2.30 bits per heavy atom. The number of hydrogen-bond donors (Lipinski definition) is 1. The number of carbonyl (C=O) groups excluding carboxylic acids is 1. The normalized spacial score (nSPS) is 43.2. The van der Waals surface area contributed by atoms with Crippen LogP contribution in [0, 0.1) is 28.6 Å². The number of allylic oxidation sites excluding steroid dienone is 1. The van der Waals surface area contributed by atoms with Crippen molar-refractivity contribution in [3.8, 4) is 0 Å². The Labute approximate surface area is 172 Å². The van der Waals surface area contributed by atoms with Crippen molar-refractivity contribution in [2.75, 3.05) is 0 Å². The van der Waals surface area contributed by atoms with Crippen molar-refractivity contribution in [2.45, 2.75) is 71.3 Å². The molecule has 0 radical (unpaired) electrons. The number of aliphatic hydroxyl groups is 1. The Balaban J connectivity index is 0.000000504. The molecule has 4 aliphatic carbocycles. The van der Waals surface area contributed by atoms with Crippen molar-refractivity contribution in [2.24, 2.45) is 28.6 Å². The van der Waals surface area contributed by atoms with E-state index in [9.17, 15) is 27.2 Å². The molecule has 8 heteroatoms. The summed E-state index contributed by atoms with van der Waals surface area (Å²) in [5.41, 5.74) is 1.89. The Kier molecular flexibility index (Phi) is 6.72. The van der Waals surface area contributed by atoms with Gasteiger partial charge in [0.05, 0.1) is 6.10 Å². The van der Waals surface area contributed by atoms with E-state index in [4.69, 9.17) is 0 Å². The van der Waals surface area contributed by atoms with Gasteiger partial charge in [0.2, 0.25) is 0 Å². The molecule has 2 nitrogen and oxygen atoms in total. The van der Waals surface area contributed by atoms with Gasteiger partial charge in [0, 0.05) is 6.42 Å². The number of ketones is 1. The summed E-state index contributed by atoms with van der Waals surface area (Å²) in [6.07, 6.45) is 10.7. The van der Waals surface area contributed by atoms with Gasteiger partial charge in [0.1, 0.15) is 0 Å². The van der Waals surface area contributed by atoms with Gasteiger partial charge in [-0.05, 0) is 79.6 Å². The monoisotopic (exact) mass is 383 g/mol. The van der Waals surface area contributed by atoms with E-state index >= 15 is 0 Å². The van der Waals surface area contributed by atoms with Crippen LogP contribution in [0.1, 0.15) is 66.6 Å². The van der Waals surface area contributed by atoms with E-state index in [1.807, 2.05) is 6.08 Å². The quantitative estimate of drug-likeness (QED) is 0.515. The van der Waals surface area contributed by atoms with Crippen LogP contribution in [-0.2, 0) is 4.79 Å². The predicted octanol–water partition coefficient (Wildman–Crippen LogP) is 2.30. The first-order chi connectivity index (χ1) is 11.9. The summed E-state index contributed by atoms with van der Waals surface area (Å²) in [5, 5.41) is 10.4. The molecule has 4 aliphatic rings. The van der Waals surface area contributed by atoms with Crippen LogP contribution in [0.2, 0.25) is 0 Å². The Morgan fingerprint density at radius 2 is 1.67 bits per heavy atom. The van der Waals surface area contributed by atoms with Crippen LogP contribution in [0.4, 0.5) is 17.3 Å². The van der Waals surface area contributed by atoms with E-state index in [-0.39, 0.29) is 37.2 Å². The van der Waals surface area contributed by atoms with Gasteiger partial charge in [-0.1, -0.05) is 19.4 Å². The van der Waals surface area contributed by atoms with Crippen molar-refractivity contribution >= 4 is 13.0 Å². The molecule has 0 spiro atoms. The van der Waals surface area contributed by atoms with E-state index in [0.29, 0.717) is 11.7 Å². The van der Waals surface area contributed by atoms with Crippen LogP contribution in [0.3, 0.4) is 0 Å². The van der Waals surface area contributed by atoms with Gasteiger partial charge in [0.15, 0.2) is 5.78 Å². The molecule has 0 saturated heterocycles. The second-order valence-electron chi connectivity index (χ2n) is 9.10. The minimum Gasteiger partial charge on any atom is -1.00 e. The maximum Gasteiger partial charge on any atom is 1.00 e. The minimum atomic E-state index is -6.00. The summed E-state index contributed by atoms with van der Waals surface area (Å²) in [6.45, 7) is 4.76. The molecule has 1 N–H and O–H groups in total. The van der Waals surface area contributed by atoms with E-state index in [2.05, 4.69) is 13.8 Å². The van der Waals surface area contributed by atoms with Crippen molar-refractivity contribution in [1.29, 1.82) is 0 Å². The fourth-order valence-electron chi connectivity index (χ4n) is 6.53. The predicted molar refractivity (Wildman–Crippen MR) is 94.0 cm³/mol. The van der Waals surface area contributed by atoms with Crippen LogP contribution in [0.15, 0.2) is 11.6 Å². The molecule has 0 heterocycles. The van der Waals surface area contributed by atoms with Crippen LogP contribution in [0.5, 0.6) is 0 Å². The van der Waals surface area contributed by atoms with Gasteiger partial charge in [0.25, 0.3) is 0 Å². The van der Waals surface area contributed by atoms with E-state index in [0.717, 1.165) is 37.5 Å². The van der Waals surface area contributed by atoms with Crippen LogP contribution >= 0.6 is 0 Å². The maximum absolute atomic E-state index is 11.8. The third-order valence-electron chi connectivity index (χ3n) is 7.91. The number of halogens is 4. The SMILES string of the molecule is C[C@]12CCC(=O)C=C1CCC1C2CC[C@@]2(C)C1CC[C@@H]2O.F[B-](F)(F)F.[H-].[Li+]. The van der Waals surface area contributed by atoms with Crippen molar-refractivity contribution in [3.05, 3.63) is 11.6 Å². The van der Waals surface area contributed by atoms with Crippen molar-refractivity contribution < 1.29 is 47.5 Å². The molecular weight excluding hydrogens is 354 g/mol. The molecule has 0 aromatic heterocycles. The number of hydrogen-bond acceptors (Lipinski definition) is 2. The van der Waals surface area contributed by atoms with Gasteiger partial charge in [-0.2, -0.15) is 0 Å². The van der Waals surface area contributed by atoms with Gasteiger partial charge in [-0.3, -0.25) is 4.79 Å². The number of fused-ring (bicyclic) bond motifs is 5. The fraction of sp³-hybridized carbons (Fsp3) is 0.842. The van der Waals surface area contributed by atoms with Gasteiger partial charge in [-0.25, -0.2) is 0 Å². The molecule has 150 valence electrons. The molecule has 0 bridgehead atoms. The molecule has 3 fully saturated rings.